The maximum absolute atomic E-state index is 12.3. The van der Waals surface area contributed by atoms with Crippen LogP contribution in [0.1, 0.15) is 38.2 Å². The standard InChI is InChI=1S/C21H30N4O3/c1-14-9-23(13-28-19-11-27-12-19)21-7-16(3-6-20(21)25(14)15(2)26)17-8-22-24(10-17)18-4-5-18/h3,6-7,14,17-19,22H,4-5,8-13H2,1-2H3/t14-,17?/m0/s1. The number of carbonyl (C=O) groups is 1. The minimum atomic E-state index is 0.0944. The second kappa shape index (κ2) is 7.30. The first-order valence-corrected chi connectivity index (χ1v) is 10.5. The van der Waals surface area contributed by atoms with Gasteiger partial charge in [0.2, 0.25) is 5.91 Å². The lowest BCUT2D eigenvalue weighted by atomic mass is 9.97. The van der Waals surface area contributed by atoms with E-state index < -0.39 is 0 Å². The van der Waals surface area contributed by atoms with Crippen LogP contribution in [0.15, 0.2) is 18.2 Å². The van der Waals surface area contributed by atoms with E-state index in [1.807, 2.05) is 4.90 Å². The fourth-order valence-corrected chi connectivity index (χ4v) is 4.58. The molecule has 0 aromatic heterocycles. The van der Waals surface area contributed by atoms with Crippen molar-refractivity contribution in [2.75, 3.05) is 49.4 Å². The van der Waals surface area contributed by atoms with Crippen molar-refractivity contribution >= 4 is 17.3 Å². The summed E-state index contributed by atoms with van der Waals surface area (Å²) in [5, 5.41) is 2.41. The number of ether oxygens (including phenoxy) is 2. The fourth-order valence-electron chi connectivity index (χ4n) is 4.58. The van der Waals surface area contributed by atoms with Crippen LogP contribution >= 0.6 is 0 Å². The van der Waals surface area contributed by atoms with Crippen molar-refractivity contribution in [2.24, 2.45) is 0 Å². The van der Waals surface area contributed by atoms with Gasteiger partial charge in [0, 0.05) is 38.5 Å². The van der Waals surface area contributed by atoms with E-state index in [2.05, 4.69) is 40.5 Å². The minimum absolute atomic E-state index is 0.0944. The monoisotopic (exact) mass is 386 g/mol. The molecule has 1 aromatic carbocycles. The average Bonchev–Trinajstić information content (AvgIpc) is 3.36. The molecular weight excluding hydrogens is 356 g/mol. The average molecular weight is 386 g/mol. The van der Waals surface area contributed by atoms with Gasteiger partial charge in [-0.2, -0.15) is 0 Å². The van der Waals surface area contributed by atoms with Gasteiger partial charge in [0.25, 0.3) is 0 Å². The third-order valence-electron chi connectivity index (χ3n) is 6.35. The van der Waals surface area contributed by atoms with Crippen LogP contribution < -0.4 is 15.2 Å². The highest BCUT2D eigenvalue weighted by Gasteiger charge is 2.36. The third kappa shape index (κ3) is 3.41. The van der Waals surface area contributed by atoms with Crippen molar-refractivity contribution in [3.63, 3.8) is 0 Å². The van der Waals surface area contributed by atoms with Gasteiger partial charge >= 0.3 is 0 Å². The Morgan fingerprint density at radius 3 is 2.75 bits per heavy atom. The molecule has 0 spiro atoms. The van der Waals surface area contributed by atoms with Crippen molar-refractivity contribution < 1.29 is 14.3 Å². The quantitative estimate of drug-likeness (QED) is 0.831. The van der Waals surface area contributed by atoms with Crippen molar-refractivity contribution in [1.29, 1.82) is 0 Å². The largest absolute Gasteiger partial charge is 0.376 e. The van der Waals surface area contributed by atoms with Crippen LogP contribution in [0.3, 0.4) is 0 Å². The lowest BCUT2D eigenvalue weighted by Gasteiger charge is -2.42. The van der Waals surface area contributed by atoms with E-state index in [-0.39, 0.29) is 18.1 Å². The number of amides is 1. The normalized spacial score (nSPS) is 28.4. The number of anilines is 2. The summed E-state index contributed by atoms with van der Waals surface area (Å²) in [7, 11) is 0. The van der Waals surface area contributed by atoms with E-state index in [0.29, 0.717) is 25.9 Å². The number of carbonyl (C=O) groups excluding carboxylic acids is 1. The van der Waals surface area contributed by atoms with Crippen LogP contribution in [0.2, 0.25) is 0 Å². The molecule has 28 heavy (non-hydrogen) atoms. The van der Waals surface area contributed by atoms with Gasteiger partial charge in [-0.1, -0.05) is 6.07 Å². The third-order valence-corrected chi connectivity index (χ3v) is 6.35. The number of hydrazine groups is 1. The van der Waals surface area contributed by atoms with Gasteiger partial charge in [0.05, 0.1) is 30.6 Å². The van der Waals surface area contributed by atoms with E-state index in [0.717, 1.165) is 37.1 Å². The summed E-state index contributed by atoms with van der Waals surface area (Å²) >= 11 is 0. The van der Waals surface area contributed by atoms with E-state index in [9.17, 15) is 4.79 Å². The fraction of sp³-hybridized carbons (Fsp3) is 0.667. The Morgan fingerprint density at radius 1 is 1.25 bits per heavy atom. The Bertz CT molecular complexity index is 749. The molecule has 2 atom stereocenters. The van der Waals surface area contributed by atoms with Crippen molar-refractivity contribution in [3.05, 3.63) is 23.8 Å². The SMILES string of the molecule is CC(=O)N1c2ccc(C3CNN(C4CC4)C3)cc2N(COC2COC2)C[C@@H]1C. The van der Waals surface area contributed by atoms with E-state index in [4.69, 9.17) is 9.47 Å². The first-order valence-electron chi connectivity index (χ1n) is 10.5. The Kier molecular flexibility index (Phi) is 4.79. The lowest BCUT2D eigenvalue weighted by Crippen LogP contribution is -2.51. The van der Waals surface area contributed by atoms with Gasteiger partial charge in [0.15, 0.2) is 0 Å². The second-order valence-electron chi connectivity index (χ2n) is 8.61. The zero-order valence-electron chi connectivity index (χ0n) is 16.8. The predicted molar refractivity (Wildman–Crippen MR) is 107 cm³/mol. The molecule has 4 aliphatic rings. The molecule has 3 aliphatic heterocycles. The molecule has 1 aromatic rings. The Balaban J connectivity index is 1.40. The van der Waals surface area contributed by atoms with Gasteiger partial charge in [0.1, 0.15) is 12.8 Å². The Morgan fingerprint density at radius 2 is 2.07 bits per heavy atom. The molecule has 1 saturated carbocycles. The topological polar surface area (TPSA) is 57.3 Å². The van der Waals surface area contributed by atoms with Crippen LogP contribution in [-0.2, 0) is 14.3 Å². The summed E-state index contributed by atoms with van der Waals surface area (Å²) < 4.78 is 11.2. The molecule has 3 heterocycles. The second-order valence-corrected chi connectivity index (χ2v) is 8.61. The first-order chi connectivity index (χ1) is 13.6. The summed E-state index contributed by atoms with van der Waals surface area (Å²) in [4.78, 5) is 16.5. The summed E-state index contributed by atoms with van der Waals surface area (Å²) in [6.07, 6.45) is 2.82. The number of hydrogen-bond acceptors (Lipinski definition) is 6. The van der Waals surface area contributed by atoms with Crippen LogP contribution in [-0.4, -0.2) is 68.7 Å². The molecule has 152 valence electrons. The van der Waals surface area contributed by atoms with E-state index >= 15 is 0 Å². The maximum atomic E-state index is 12.3. The summed E-state index contributed by atoms with van der Waals surface area (Å²) in [6.45, 7) is 8.48. The van der Waals surface area contributed by atoms with E-state index in [1.165, 1.54) is 18.4 Å². The highest BCUT2D eigenvalue weighted by molar-refractivity contribution is 5.97. The smallest absolute Gasteiger partial charge is 0.224 e. The van der Waals surface area contributed by atoms with Gasteiger partial charge in [-0.3, -0.25) is 10.2 Å². The zero-order chi connectivity index (χ0) is 19.3. The number of benzene rings is 1. The number of hydrogen-bond donors (Lipinski definition) is 1. The van der Waals surface area contributed by atoms with Crippen LogP contribution in [0.4, 0.5) is 11.4 Å². The first kappa shape index (κ1) is 18.4. The van der Waals surface area contributed by atoms with E-state index in [1.54, 1.807) is 6.92 Å². The molecule has 1 unspecified atom stereocenters. The lowest BCUT2D eigenvalue weighted by molar-refractivity contribution is -0.129. The summed E-state index contributed by atoms with van der Waals surface area (Å²) in [5.41, 5.74) is 7.00. The van der Waals surface area contributed by atoms with Gasteiger partial charge in [-0.25, -0.2) is 5.01 Å². The molecule has 1 N–H and O–H groups in total. The van der Waals surface area contributed by atoms with Crippen molar-refractivity contribution in [1.82, 2.24) is 10.4 Å². The van der Waals surface area contributed by atoms with Crippen molar-refractivity contribution in [3.8, 4) is 0 Å². The van der Waals surface area contributed by atoms with Crippen molar-refractivity contribution in [2.45, 2.75) is 50.8 Å². The van der Waals surface area contributed by atoms with Crippen LogP contribution in [0.25, 0.3) is 0 Å². The molecule has 1 aliphatic carbocycles. The van der Waals surface area contributed by atoms with Gasteiger partial charge in [-0.15, -0.1) is 0 Å². The van der Waals surface area contributed by atoms with Crippen LogP contribution in [0.5, 0.6) is 0 Å². The zero-order valence-corrected chi connectivity index (χ0v) is 16.8. The Labute approximate surface area is 166 Å². The summed E-state index contributed by atoms with van der Waals surface area (Å²) in [6, 6.07) is 7.46. The highest BCUT2D eigenvalue weighted by Crippen LogP contribution is 2.39. The molecule has 0 bridgehead atoms. The van der Waals surface area contributed by atoms with Gasteiger partial charge in [-0.05, 0) is 37.5 Å². The molecule has 1 amide bonds. The van der Waals surface area contributed by atoms with Crippen LogP contribution in [0, 0.1) is 0 Å². The highest BCUT2D eigenvalue weighted by atomic mass is 16.6. The number of fused-ring (bicyclic) bond motifs is 1. The Hall–Kier alpha value is -1.67. The molecule has 2 saturated heterocycles. The number of nitrogens with zero attached hydrogens (tertiary/aromatic N) is 3. The molecule has 3 fully saturated rings. The molecule has 0 radical (unpaired) electrons. The number of nitrogens with one attached hydrogen (secondary N) is 1. The molecule has 7 nitrogen and oxygen atoms in total. The van der Waals surface area contributed by atoms with Gasteiger partial charge < -0.3 is 19.3 Å². The molecule has 5 rings (SSSR count). The maximum Gasteiger partial charge on any atom is 0.224 e. The minimum Gasteiger partial charge on any atom is -0.376 e. The molecular formula is C21H30N4O3. The summed E-state index contributed by atoms with van der Waals surface area (Å²) in [5.74, 6) is 0.579. The predicted octanol–water partition coefficient (Wildman–Crippen LogP) is 1.69. The number of rotatable bonds is 5. The molecule has 7 heteroatoms.